The number of hydrogen-bond donors (Lipinski definition) is 1. The van der Waals surface area contributed by atoms with Crippen LogP contribution in [0.5, 0.6) is 0 Å². The first-order valence-corrected chi connectivity index (χ1v) is 6.78. The van der Waals surface area contributed by atoms with Crippen molar-refractivity contribution in [2.24, 2.45) is 0 Å². The van der Waals surface area contributed by atoms with Crippen molar-refractivity contribution in [3.8, 4) is 5.69 Å². The van der Waals surface area contributed by atoms with Crippen LogP contribution in [0.3, 0.4) is 0 Å². The zero-order valence-electron chi connectivity index (χ0n) is 11.7. The highest BCUT2D eigenvalue weighted by atomic mass is 15.3. The van der Waals surface area contributed by atoms with E-state index in [-0.39, 0.29) is 0 Å². The van der Waals surface area contributed by atoms with Crippen LogP contribution in [0, 0.1) is 0 Å². The maximum absolute atomic E-state index is 4.41. The molecule has 0 aliphatic heterocycles. The van der Waals surface area contributed by atoms with Gasteiger partial charge in [0.25, 0.3) is 0 Å². The first kappa shape index (κ1) is 13.8. The summed E-state index contributed by atoms with van der Waals surface area (Å²) in [5, 5.41) is 7.74. The van der Waals surface area contributed by atoms with Crippen LogP contribution in [0.2, 0.25) is 0 Å². The molecule has 1 N–H and O–H groups in total. The van der Waals surface area contributed by atoms with Crippen LogP contribution in [0.4, 0.5) is 0 Å². The Balaban J connectivity index is 1.91. The summed E-state index contributed by atoms with van der Waals surface area (Å²) in [6, 6.07) is 10.2. The van der Waals surface area contributed by atoms with E-state index in [1.165, 1.54) is 5.56 Å². The zero-order valence-corrected chi connectivity index (χ0v) is 11.7. The monoisotopic (exact) mass is 258 g/mol. The Morgan fingerprint density at radius 3 is 2.79 bits per heavy atom. The molecule has 0 atom stereocenters. The molecule has 1 aromatic heterocycles. The molecule has 0 saturated heterocycles. The topological polar surface area (TPSA) is 33.1 Å². The quantitative estimate of drug-likeness (QED) is 0.770. The second-order valence-electron chi connectivity index (χ2n) is 4.72. The average Bonchev–Trinajstić information content (AvgIpc) is 2.88. The molecule has 0 spiro atoms. The lowest BCUT2D eigenvalue weighted by atomic mass is 10.3. The van der Waals surface area contributed by atoms with Gasteiger partial charge in [-0.15, -0.1) is 0 Å². The molecule has 0 amide bonds. The molecular formula is C15H22N4. The second-order valence-corrected chi connectivity index (χ2v) is 4.72. The fourth-order valence-corrected chi connectivity index (χ4v) is 2.00. The van der Waals surface area contributed by atoms with Crippen LogP contribution in [-0.4, -0.2) is 41.4 Å². The van der Waals surface area contributed by atoms with E-state index in [0.717, 1.165) is 31.9 Å². The Morgan fingerprint density at radius 2 is 2.05 bits per heavy atom. The van der Waals surface area contributed by atoms with E-state index in [4.69, 9.17) is 0 Å². The molecule has 0 fully saturated rings. The van der Waals surface area contributed by atoms with E-state index in [1.807, 2.05) is 29.1 Å². The molecule has 0 bridgehead atoms. The third kappa shape index (κ3) is 4.19. The molecule has 19 heavy (non-hydrogen) atoms. The summed E-state index contributed by atoms with van der Waals surface area (Å²) >= 11 is 0. The minimum absolute atomic E-state index is 0.929. The van der Waals surface area contributed by atoms with Gasteiger partial charge in [-0.25, -0.2) is 4.68 Å². The molecule has 4 nitrogen and oxygen atoms in total. The Kier molecular flexibility index (Phi) is 5.12. The largest absolute Gasteiger partial charge is 0.316 e. The second kappa shape index (κ2) is 7.07. The van der Waals surface area contributed by atoms with Crippen molar-refractivity contribution in [1.82, 2.24) is 20.0 Å². The molecule has 1 aromatic carbocycles. The number of aromatic nitrogens is 2. The molecule has 2 rings (SSSR count). The van der Waals surface area contributed by atoms with E-state index in [2.05, 4.69) is 47.6 Å². The third-order valence-electron chi connectivity index (χ3n) is 3.03. The summed E-state index contributed by atoms with van der Waals surface area (Å²) in [4.78, 5) is 2.30. The van der Waals surface area contributed by atoms with Gasteiger partial charge in [0.05, 0.1) is 11.9 Å². The number of rotatable bonds is 7. The Hall–Kier alpha value is -1.65. The van der Waals surface area contributed by atoms with Gasteiger partial charge >= 0.3 is 0 Å². The highest BCUT2D eigenvalue weighted by molar-refractivity contribution is 5.30. The molecule has 0 saturated carbocycles. The number of para-hydroxylation sites is 1. The summed E-state index contributed by atoms with van der Waals surface area (Å²) in [7, 11) is 2.14. The number of likely N-dealkylation sites (N-methyl/N-ethyl adjacent to an activating group) is 2. The standard InChI is InChI=1S/C15H22N4/c1-3-16-9-10-18(2)12-14-11-17-19(13-14)15-7-5-4-6-8-15/h4-8,11,13,16H,3,9-10,12H2,1-2H3. The maximum atomic E-state index is 4.41. The van der Waals surface area contributed by atoms with Gasteiger partial charge in [0.2, 0.25) is 0 Å². The lowest BCUT2D eigenvalue weighted by Crippen LogP contribution is -2.28. The van der Waals surface area contributed by atoms with Gasteiger partial charge < -0.3 is 10.2 Å². The highest BCUT2D eigenvalue weighted by Gasteiger charge is 2.03. The minimum Gasteiger partial charge on any atom is -0.316 e. The van der Waals surface area contributed by atoms with Gasteiger partial charge in [0, 0.05) is 31.4 Å². The van der Waals surface area contributed by atoms with E-state index in [9.17, 15) is 0 Å². The van der Waals surface area contributed by atoms with Crippen LogP contribution >= 0.6 is 0 Å². The Bertz CT molecular complexity index is 478. The smallest absolute Gasteiger partial charge is 0.0645 e. The zero-order chi connectivity index (χ0) is 13.5. The Morgan fingerprint density at radius 1 is 1.26 bits per heavy atom. The van der Waals surface area contributed by atoms with E-state index in [0.29, 0.717) is 0 Å². The van der Waals surface area contributed by atoms with E-state index < -0.39 is 0 Å². The lowest BCUT2D eigenvalue weighted by molar-refractivity contribution is 0.325. The fourth-order valence-electron chi connectivity index (χ4n) is 2.00. The fraction of sp³-hybridized carbons (Fsp3) is 0.400. The Labute approximate surface area is 115 Å². The van der Waals surface area contributed by atoms with Gasteiger partial charge in [0.1, 0.15) is 0 Å². The molecule has 4 heteroatoms. The lowest BCUT2D eigenvalue weighted by Gasteiger charge is -2.15. The number of benzene rings is 1. The van der Waals surface area contributed by atoms with Crippen molar-refractivity contribution in [3.63, 3.8) is 0 Å². The van der Waals surface area contributed by atoms with Gasteiger partial charge in [-0.2, -0.15) is 5.10 Å². The average molecular weight is 258 g/mol. The van der Waals surface area contributed by atoms with Crippen molar-refractivity contribution >= 4 is 0 Å². The van der Waals surface area contributed by atoms with Crippen molar-refractivity contribution in [1.29, 1.82) is 0 Å². The van der Waals surface area contributed by atoms with Crippen LogP contribution in [0.1, 0.15) is 12.5 Å². The number of nitrogens with zero attached hydrogens (tertiary/aromatic N) is 3. The van der Waals surface area contributed by atoms with Gasteiger partial charge in [-0.1, -0.05) is 25.1 Å². The first-order chi connectivity index (χ1) is 9.29. The molecule has 0 aliphatic carbocycles. The van der Waals surface area contributed by atoms with E-state index in [1.54, 1.807) is 0 Å². The maximum Gasteiger partial charge on any atom is 0.0645 e. The summed E-state index contributed by atoms with van der Waals surface area (Å²) in [6.07, 6.45) is 4.04. The predicted octanol–water partition coefficient (Wildman–Crippen LogP) is 1.91. The SMILES string of the molecule is CCNCCN(C)Cc1cnn(-c2ccccc2)c1. The first-order valence-electron chi connectivity index (χ1n) is 6.78. The van der Waals surface area contributed by atoms with Gasteiger partial charge in [-0.05, 0) is 25.7 Å². The van der Waals surface area contributed by atoms with Crippen molar-refractivity contribution in [2.75, 3.05) is 26.7 Å². The molecule has 0 radical (unpaired) electrons. The highest BCUT2D eigenvalue weighted by Crippen LogP contribution is 2.08. The molecule has 102 valence electrons. The van der Waals surface area contributed by atoms with E-state index >= 15 is 0 Å². The van der Waals surface area contributed by atoms with Gasteiger partial charge in [-0.3, -0.25) is 0 Å². The number of hydrogen-bond acceptors (Lipinski definition) is 3. The van der Waals surface area contributed by atoms with Gasteiger partial charge in [0.15, 0.2) is 0 Å². The van der Waals surface area contributed by atoms with Crippen LogP contribution < -0.4 is 5.32 Å². The molecule has 0 unspecified atom stereocenters. The summed E-state index contributed by atoms with van der Waals surface area (Å²) in [5.41, 5.74) is 2.34. The van der Waals surface area contributed by atoms with Crippen LogP contribution in [0.15, 0.2) is 42.7 Å². The summed E-state index contributed by atoms with van der Waals surface area (Å²) < 4.78 is 1.92. The molecule has 0 aliphatic rings. The number of nitrogens with one attached hydrogen (secondary N) is 1. The minimum atomic E-state index is 0.929. The molecule has 1 heterocycles. The van der Waals surface area contributed by atoms with Crippen LogP contribution in [0.25, 0.3) is 5.69 Å². The summed E-state index contributed by atoms with van der Waals surface area (Å²) in [5.74, 6) is 0. The normalized spacial score (nSPS) is 11.1. The molecule has 2 aromatic rings. The van der Waals surface area contributed by atoms with Crippen LogP contribution in [-0.2, 0) is 6.54 Å². The summed E-state index contributed by atoms with van der Waals surface area (Å²) in [6.45, 7) is 6.16. The molecular weight excluding hydrogens is 236 g/mol. The van der Waals surface area contributed by atoms with Crippen molar-refractivity contribution in [3.05, 3.63) is 48.3 Å². The third-order valence-corrected chi connectivity index (χ3v) is 3.03. The van der Waals surface area contributed by atoms with Crippen molar-refractivity contribution in [2.45, 2.75) is 13.5 Å². The van der Waals surface area contributed by atoms with Crippen molar-refractivity contribution < 1.29 is 0 Å². The predicted molar refractivity (Wildman–Crippen MR) is 78.4 cm³/mol.